The van der Waals surface area contributed by atoms with Gasteiger partial charge in [-0.05, 0) is 12.0 Å². The minimum Gasteiger partial charge on any atom is -0.396 e. The number of nitrogens with zero attached hydrogens (tertiary/aromatic N) is 2. The molecule has 1 fully saturated rings. The molecule has 3 rings (SSSR count). The number of hydrogen-bond donors (Lipinski definition) is 3. The Bertz CT molecular complexity index is 566. The van der Waals surface area contributed by atoms with Crippen molar-refractivity contribution in [2.75, 3.05) is 26.2 Å². The van der Waals surface area contributed by atoms with Gasteiger partial charge in [0.15, 0.2) is 0 Å². The predicted octanol–water partition coefficient (Wildman–Crippen LogP) is -1.01. The molecule has 1 unspecified atom stereocenters. The number of aromatic nitrogens is 2. The van der Waals surface area contributed by atoms with Crippen LogP contribution in [0, 0.1) is 5.92 Å². The smallest absolute Gasteiger partial charge is 0.254 e. The first kappa shape index (κ1) is 12.5. The molecule has 1 aromatic rings. The van der Waals surface area contributed by atoms with Crippen molar-refractivity contribution in [2.24, 2.45) is 5.92 Å². The maximum absolute atomic E-state index is 11.6. The predicted molar refractivity (Wildman–Crippen MR) is 69.6 cm³/mol. The largest absolute Gasteiger partial charge is 0.396 e. The van der Waals surface area contributed by atoms with E-state index >= 15 is 0 Å². The number of aromatic amines is 1. The van der Waals surface area contributed by atoms with Crippen molar-refractivity contribution in [3.8, 4) is 0 Å². The Morgan fingerprint density at radius 3 is 3.05 bits per heavy atom. The fourth-order valence-corrected chi connectivity index (χ4v) is 2.85. The van der Waals surface area contributed by atoms with Crippen LogP contribution in [0.15, 0.2) is 17.2 Å². The molecule has 0 aromatic carbocycles. The number of nitrogens with one attached hydrogen (secondary N) is 1. The Balaban J connectivity index is 1.74. The van der Waals surface area contributed by atoms with Gasteiger partial charge in [0.05, 0.1) is 18.1 Å². The van der Waals surface area contributed by atoms with E-state index in [1.807, 2.05) is 6.08 Å². The van der Waals surface area contributed by atoms with Crippen LogP contribution in [0.5, 0.6) is 0 Å². The zero-order valence-corrected chi connectivity index (χ0v) is 10.5. The van der Waals surface area contributed by atoms with Crippen LogP contribution in [0.3, 0.4) is 0 Å². The molecule has 2 heterocycles. The lowest BCUT2D eigenvalue weighted by molar-refractivity contribution is 0.103. The van der Waals surface area contributed by atoms with Crippen LogP contribution in [0.1, 0.15) is 11.3 Å². The van der Waals surface area contributed by atoms with E-state index in [4.69, 9.17) is 5.11 Å². The second-order valence-corrected chi connectivity index (χ2v) is 5.20. The van der Waals surface area contributed by atoms with Gasteiger partial charge in [-0.3, -0.25) is 9.69 Å². The summed E-state index contributed by atoms with van der Waals surface area (Å²) in [7, 11) is 0. The molecule has 1 aliphatic carbocycles. The normalized spacial score (nSPS) is 26.5. The number of allylic oxidation sites excluding steroid dienone is 1. The van der Waals surface area contributed by atoms with Crippen molar-refractivity contribution in [3.63, 3.8) is 0 Å². The first-order chi connectivity index (χ1) is 9.19. The summed E-state index contributed by atoms with van der Waals surface area (Å²) in [6.07, 6.45) is 3.59. The SMILES string of the molecule is O=c1[nH]cnc2c1CC=C2CN1CC(O)[C@@H](CO)C1. The highest BCUT2D eigenvalue weighted by Gasteiger charge is 2.32. The molecule has 0 bridgehead atoms. The lowest BCUT2D eigenvalue weighted by Gasteiger charge is -2.16. The average molecular weight is 263 g/mol. The zero-order valence-electron chi connectivity index (χ0n) is 10.5. The molecular formula is C13H17N3O3. The number of rotatable bonds is 3. The van der Waals surface area contributed by atoms with Gasteiger partial charge in [0, 0.05) is 37.7 Å². The van der Waals surface area contributed by atoms with Crippen molar-refractivity contribution in [2.45, 2.75) is 12.5 Å². The third kappa shape index (κ3) is 2.22. The second kappa shape index (κ2) is 4.88. The molecular weight excluding hydrogens is 246 g/mol. The standard InChI is InChI=1S/C13H17N3O3/c17-6-9-4-16(5-11(9)18)3-8-1-2-10-12(8)14-7-15-13(10)19/h1,7,9,11,17-18H,2-6H2,(H,14,15,19)/t9-,11?/m1/s1. The van der Waals surface area contributed by atoms with E-state index in [-0.39, 0.29) is 18.1 Å². The molecule has 0 radical (unpaired) electrons. The summed E-state index contributed by atoms with van der Waals surface area (Å²) < 4.78 is 0. The first-order valence-corrected chi connectivity index (χ1v) is 6.46. The van der Waals surface area contributed by atoms with Gasteiger partial charge < -0.3 is 15.2 Å². The highest BCUT2D eigenvalue weighted by molar-refractivity contribution is 5.70. The van der Waals surface area contributed by atoms with Crippen LogP contribution in [0.2, 0.25) is 0 Å². The molecule has 6 heteroatoms. The van der Waals surface area contributed by atoms with E-state index in [9.17, 15) is 9.90 Å². The molecule has 1 aromatic heterocycles. The summed E-state index contributed by atoms with van der Waals surface area (Å²) in [6.45, 7) is 1.90. The van der Waals surface area contributed by atoms with Crippen LogP contribution < -0.4 is 5.56 Å². The van der Waals surface area contributed by atoms with E-state index in [1.165, 1.54) is 6.33 Å². The van der Waals surface area contributed by atoms with Crippen LogP contribution in [0.4, 0.5) is 0 Å². The molecule has 102 valence electrons. The van der Waals surface area contributed by atoms with E-state index in [0.717, 1.165) is 16.8 Å². The quantitative estimate of drug-likeness (QED) is 0.650. The minimum absolute atomic E-state index is 0.00518. The van der Waals surface area contributed by atoms with Gasteiger partial charge in [0.25, 0.3) is 5.56 Å². The van der Waals surface area contributed by atoms with Crippen LogP contribution in [-0.2, 0) is 6.42 Å². The van der Waals surface area contributed by atoms with Crippen molar-refractivity contribution < 1.29 is 10.2 Å². The molecule has 3 N–H and O–H groups in total. The molecule has 6 nitrogen and oxygen atoms in total. The van der Waals surface area contributed by atoms with Gasteiger partial charge in [0.1, 0.15) is 0 Å². The van der Waals surface area contributed by atoms with Gasteiger partial charge >= 0.3 is 0 Å². The fourth-order valence-electron chi connectivity index (χ4n) is 2.85. The van der Waals surface area contributed by atoms with Crippen molar-refractivity contribution in [1.29, 1.82) is 0 Å². The monoisotopic (exact) mass is 263 g/mol. The lowest BCUT2D eigenvalue weighted by Crippen LogP contribution is -2.24. The number of likely N-dealkylation sites (tertiary alicyclic amines) is 1. The lowest BCUT2D eigenvalue weighted by atomic mass is 10.1. The Labute approximate surface area is 110 Å². The number of fused-ring (bicyclic) bond motifs is 1. The molecule has 1 aliphatic heterocycles. The summed E-state index contributed by atoms with van der Waals surface area (Å²) in [5.74, 6) is -0.0754. The van der Waals surface area contributed by atoms with Crippen LogP contribution >= 0.6 is 0 Å². The third-order valence-electron chi connectivity index (χ3n) is 3.92. The molecule has 0 spiro atoms. The Morgan fingerprint density at radius 1 is 1.47 bits per heavy atom. The molecule has 1 saturated heterocycles. The van der Waals surface area contributed by atoms with E-state index in [2.05, 4.69) is 14.9 Å². The Kier molecular flexibility index (Phi) is 3.22. The van der Waals surface area contributed by atoms with Crippen molar-refractivity contribution in [1.82, 2.24) is 14.9 Å². The van der Waals surface area contributed by atoms with Crippen LogP contribution in [-0.4, -0.2) is 57.4 Å². The summed E-state index contributed by atoms with van der Waals surface area (Å²) >= 11 is 0. The van der Waals surface area contributed by atoms with Crippen molar-refractivity contribution >= 4 is 5.57 Å². The minimum atomic E-state index is -0.474. The van der Waals surface area contributed by atoms with E-state index in [1.54, 1.807) is 0 Å². The number of β-amino-alcohol motifs (C(OH)–C–C–N with tert-alkyl or cyclic N) is 1. The number of hydrogen-bond acceptors (Lipinski definition) is 5. The summed E-state index contributed by atoms with van der Waals surface area (Å²) in [5.41, 5.74) is 2.44. The number of aliphatic hydroxyl groups is 2. The molecule has 0 saturated carbocycles. The molecule has 0 amide bonds. The van der Waals surface area contributed by atoms with Crippen molar-refractivity contribution in [3.05, 3.63) is 34.0 Å². The number of H-pyrrole nitrogens is 1. The number of aliphatic hydroxyl groups excluding tert-OH is 2. The maximum Gasteiger partial charge on any atom is 0.254 e. The summed E-state index contributed by atoms with van der Waals surface area (Å²) in [4.78, 5) is 20.5. The van der Waals surface area contributed by atoms with Gasteiger partial charge in [0.2, 0.25) is 0 Å². The fraction of sp³-hybridized carbons (Fsp3) is 0.538. The van der Waals surface area contributed by atoms with Gasteiger partial charge in [-0.1, -0.05) is 6.08 Å². The Hall–Kier alpha value is -1.50. The summed E-state index contributed by atoms with van der Waals surface area (Å²) in [6, 6.07) is 0. The molecule has 2 aliphatic rings. The van der Waals surface area contributed by atoms with Gasteiger partial charge in [-0.25, -0.2) is 4.98 Å². The topological polar surface area (TPSA) is 89.5 Å². The zero-order chi connectivity index (χ0) is 13.4. The third-order valence-corrected chi connectivity index (χ3v) is 3.92. The Morgan fingerprint density at radius 2 is 2.32 bits per heavy atom. The van der Waals surface area contributed by atoms with E-state index < -0.39 is 6.10 Å². The first-order valence-electron chi connectivity index (χ1n) is 6.46. The van der Waals surface area contributed by atoms with E-state index in [0.29, 0.717) is 26.1 Å². The molecule has 19 heavy (non-hydrogen) atoms. The molecule has 2 atom stereocenters. The maximum atomic E-state index is 11.6. The van der Waals surface area contributed by atoms with Gasteiger partial charge in [-0.2, -0.15) is 0 Å². The average Bonchev–Trinajstić information content (AvgIpc) is 2.95. The highest BCUT2D eigenvalue weighted by Crippen LogP contribution is 2.25. The highest BCUT2D eigenvalue weighted by atomic mass is 16.3. The van der Waals surface area contributed by atoms with Gasteiger partial charge in [-0.15, -0.1) is 0 Å². The summed E-state index contributed by atoms with van der Waals surface area (Å²) in [5, 5.41) is 18.9. The van der Waals surface area contributed by atoms with Crippen LogP contribution in [0.25, 0.3) is 5.57 Å². The second-order valence-electron chi connectivity index (χ2n) is 5.20.